The molecule has 2 aromatic rings. The van der Waals surface area contributed by atoms with E-state index in [4.69, 9.17) is 16.2 Å². The highest BCUT2D eigenvalue weighted by Crippen LogP contribution is 2.29. The molecule has 0 aliphatic heterocycles. The average Bonchev–Trinajstić information content (AvgIpc) is 3.22. The summed E-state index contributed by atoms with van der Waals surface area (Å²) in [6.07, 6.45) is 8.04. The van der Waals surface area contributed by atoms with Gasteiger partial charge in [-0.3, -0.25) is 9.59 Å². The normalized spacial score (nSPS) is 18.5. The van der Waals surface area contributed by atoms with Crippen LogP contribution >= 0.6 is 0 Å². The number of primary amides is 1. The average molecular weight is 452 g/mol. The monoisotopic (exact) mass is 451 g/mol. The number of carbonyl (C=O) groups is 2. The maximum Gasteiger partial charge on any atom is 0.272 e. The summed E-state index contributed by atoms with van der Waals surface area (Å²) in [5.41, 5.74) is 14.8. The highest BCUT2D eigenvalue weighted by atomic mass is 16.5. The minimum Gasteiger partial charge on any atom is -0.495 e. The molecule has 8 nitrogen and oxygen atoms in total. The first-order chi connectivity index (χ1) is 15.9. The second kappa shape index (κ2) is 10.8. The second-order valence-corrected chi connectivity index (χ2v) is 8.35. The lowest BCUT2D eigenvalue weighted by Crippen LogP contribution is -2.39. The van der Waals surface area contributed by atoms with Gasteiger partial charge in [0.25, 0.3) is 5.91 Å². The molecule has 33 heavy (non-hydrogen) atoms. The Labute approximate surface area is 194 Å². The Morgan fingerprint density at radius 2 is 2.00 bits per heavy atom. The summed E-state index contributed by atoms with van der Waals surface area (Å²) >= 11 is 0. The second-order valence-electron chi connectivity index (χ2n) is 8.35. The van der Waals surface area contributed by atoms with Crippen LogP contribution in [0.2, 0.25) is 0 Å². The Morgan fingerprint density at radius 3 is 2.61 bits per heavy atom. The van der Waals surface area contributed by atoms with Crippen molar-refractivity contribution in [2.24, 2.45) is 11.7 Å². The molecule has 2 amide bonds. The van der Waals surface area contributed by atoms with Crippen molar-refractivity contribution < 1.29 is 14.3 Å². The number of aromatic nitrogens is 2. The molecule has 1 aliphatic carbocycles. The Bertz CT molecular complexity index is 1050. The molecule has 1 aromatic carbocycles. The van der Waals surface area contributed by atoms with E-state index in [1.54, 1.807) is 23.9 Å². The van der Waals surface area contributed by atoms with Gasteiger partial charge in [-0.15, -0.1) is 0 Å². The Hall–Kier alpha value is -3.55. The van der Waals surface area contributed by atoms with Gasteiger partial charge in [-0.2, -0.15) is 5.10 Å². The molecule has 0 bridgehead atoms. The number of nitrogens with one attached hydrogen (secondary N) is 1. The van der Waals surface area contributed by atoms with Crippen LogP contribution < -0.4 is 21.5 Å². The number of hydrogen-bond donors (Lipinski definition) is 3. The minimum absolute atomic E-state index is 0.0115. The largest absolute Gasteiger partial charge is 0.495 e. The summed E-state index contributed by atoms with van der Waals surface area (Å²) in [7, 11) is 1.57. The van der Waals surface area contributed by atoms with Crippen LogP contribution in [-0.2, 0) is 11.2 Å². The third-order valence-corrected chi connectivity index (χ3v) is 6.02. The number of amides is 2. The predicted molar refractivity (Wildman–Crippen MR) is 130 cm³/mol. The molecular formula is C25H33N5O3. The van der Waals surface area contributed by atoms with E-state index in [9.17, 15) is 9.59 Å². The molecule has 0 saturated heterocycles. The van der Waals surface area contributed by atoms with E-state index in [-0.39, 0.29) is 23.8 Å². The van der Waals surface area contributed by atoms with Crippen LogP contribution in [0.1, 0.15) is 60.8 Å². The Morgan fingerprint density at radius 1 is 1.27 bits per heavy atom. The molecule has 1 aliphatic rings. The maximum absolute atomic E-state index is 13.0. The molecule has 176 valence electrons. The molecular weight excluding hydrogens is 418 g/mol. The van der Waals surface area contributed by atoms with Crippen molar-refractivity contribution in [1.82, 2.24) is 15.1 Å². The van der Waals surface area contributed by atoms with Crippen LogP contribution in [0.25, 0.3) is 5.70 Å². The van der Waals surface area contributed by atoms with Crippen molar-refractivity contribution in [1.29, 1.82) is 0 Å². The third kappa shape index (κ3) is 5.63. The van der Waals surface area contributed by atoms with E-state index in [2.05, 4.69) is 23.9 Å². The number of aryl methyl sites for hydroxylation is 1. The molecule has 1 saturated carbocycles. The number of allylic oxidation sites excluding steroid dienone is 2. The lowest BCUT2D eigenvalue weighted by molar-refractivity contribution is -0.122. The molecule has 0 spiro atoms. The lowest BCUT2D eigenvalue weighted by atomic mass is 9.85. The first-order valence-electron chi connectivity index (χ1n) is 11.3. The molecule has 0 unspecified atom stereocenters. The third-order valence-electron chi connectivity index (χ3n) is 6.02. The highest BCUT2D eigenvalue weighted by molar-refractivity contribution is 5.93. The van der Waals surface area contributed by atoms with Gasteiger partial charge in [-0.25, -0.2) is 4.68 Å². The summed E-state index contributed by atoms with van der Waals surface area (Å²) in [5.74, 6) is -0.0155. The van der Waals surface area contributed by atoms with Gasteiger partial charge in [0.05, 0.1) is 18.5 Å². The topological polar surface area (TPSA) is 125 Å². The van der Waals surface area contributed by atoms with E-state index in [1.807, 2.05) is 24.3 Å². The number of carbonyl (C=O) groups excluding carboxylic acids is 2. The minimum atomic E-state index is -0.261. The van der Waals surface area contributed by atoms with Crippen LogP contribution in [0.3, 0.4) is 0 Å². The van der Waals surface area contributed by atoms with Crippen LogP contribution in [0.15, 0.2) is 43.0 Å². The first kappa shape index (κ1) is 24.1. The van der Waals surface area contributed by atoms with Crippen LogP contribution in [0.5, 0.6) is 5.75 Å². The molecule has 5 N–H and O–H groups in total. The molecule has 0 atom stereocenters. The molecule has 3 rings (SSSR count). The van der Waals surface area contributed by atoms with Gasteiger partial charge in [-0.1, -0.05) is 32.1 Å². The van der Waals surface area contributed by atoms with Gasteiger partial charge in [0.1, 0.15) is 5.75 Å². The van der Waals surface area contributed by atoms with Gasteiger partial charge >= 0.3 is 0 Å². The zero-order chi connectivity index (χ0) is 24.0. The van der Waals surface area contributed by atoms with Gasteiger partial charge in [-0.05, 0) is 56.4 Å². The molecule has 0 radical (unpaired) electrons. The number of rotatable bonds is 9. The number of hydrogen-bond acceptors (Lipinski definition) is 5. The van der Waals surface area contributed by atoms with Crippen molar-refractivity contribution in [2.75, 3.05) is 12.8 Å². The first-order valence-corrected chi connectivity index (χ1v) is 11.3. The lowest BCUT2D eigenvalue weighted by Gasteiger charge is -2.27. The highest BCUT2D eigenvalue weighted by Gasteiger charge is 2.27. The predicted octanol–water partition coefficient (Wildman–Crippen LogP) is 3.28. The fourth-order valence-corrected chi connectivity index (χ4v) is 4.23. The summed E-state index contributed by atoms with van der Waals surface area (Å²) in [5, 5.41) is 7.72. The van der Waals surface area contributed by atoms with E-state index in [0.717, 1.165) is 42.6 Å². The number of methoxy groups -OCH3 is 1. The van der Waals surface area contributed by atoms with Gasteiger partial charge < -0.3 is 21.5 Å². The van der Waals surface area contributed by atoms with Crippen molar-refractivity contribution in [3.8, 4) is 5.75 Å². The Balaban J connectivity index is 1.87. The van der Waals surface area contributed by atoms with E-state index in [1.165, 1.54) is 0 Å². The zero-order valence-electron chi connectivity index (χ0n) is 19.3. The van der Waals surface area contributed by atoms with Crippen molar-refractivity contribution >= 4 is 23.2 Å². The van der Waals surface area contributed by atoms with Crippen LogP contribution in [-0.4, -0.2) is 34.7 Å². The van der Waals surface area contributed by atoms with E-state index >= 15 is 0 Å². The maximum atomic E-state index is 13.0. The summed E-state index contributed by atoms with van der Waals surface area (Å²) in [6.45, 7) is 5.92. The van der Waals surface area contributed by atoms with E-state index in [0.29, 0.717) is 30.0 Å². The van der Waals surface area contributed by atoms with Crippen molar-refractivity contribution in [3.05, 3.63) is 59.9 Å². The SMILES string of the molecule is C=C/C=C(/c1ccc(N)c(OC)c1)n1nc(C(=O)NC2CCC(C(N)=O)CC2)cc1CCC. The molecule has 1 aromatic heterocycles. The Kier molecular flexibility index (Phi) is 7.92. The van der Waals surface area contributed by atoms with E-state index < -0.39 is 0 Å². The van der Waals surface area contributed by atoms with Crippen LogP contribution in [0.4, 0.5) is 5.69 Å². The quantitative estimate of drug-likeness (QED) is 0.398. The standard InChI is InChI=1S/C25H33N5O3/c1-4-6-19-15-21(25(32)28-18-11-8-16(9-12-18)24(27)31)29-30(19)22(7-5-2)17-10-13-20(26)23(14-17)33-3/h5,7,10,13-16,18H,2,4,6,8-9,11-12,26H2,1,3H3,(H2,27,31)(H,28,32)/b22-7-. The summed E-state index contributed by atoms with van der Waals surface area (Å²) < 4.78 is 7.16. The smallest absolute Gasteiger partial charge is 0.272 e. The fourth-order valence-electron chi connectivity index (χ4n) is 4.23. The fraction of sp³-hybridized carbons (Fsp3) is 0.400. The molecule has 1 heterocycles. The number of nitrogen functional groups attached to an aromatic ring is 1. The number of ether oxygens (including phenoxy) is 1. The zero-order valence-corrected chi connectivity index (χ0v) is 19.3. The van der Waals surface area contributed by atoms with Gasteiger partial charge in [0.15, 0.2) is 5.69 Å². The summed E-state index contributed by atoms with van der Waals surface area (Å²) in [4.78, 5) is 24.4. The van der Waals surface area contributed by atoms with Crippen molar-refractivity contribution in [2.45, 2.75) is 51.5 Å². The number of nitrogens with two attached hydrogens (primary N) is 2. The summed E-state index contributed by atoms with van der Waals surface area (Å²) in [6, 6.07) is 7.36. The number of nitrogens with zero attached hydrogens (tertiary/aromatic N) is 2. The van der Waals surface area contributed by atoms with Crippen molar-refractivity contribution in [3.63, 3.8) is 0 Å². The molecule has 1 fully saturated rings. The molecule has 8 heteroatoms. The number of benzene rings is 1. The van der Waals surface area contributed by atoms with Gasteiger partial charge in [0, 0.05) is 23.2 Å². The van der Waals surface area contributed by atoms with Gasteiger partial charge in [0.2, 0.25) is 5.91 Å². The number of anilines is 1. The van der Waals surface area contributed by atoms with Crippen LogP contribution in [0, 0.1) is 5.92 Å².